The Balaban J connectivity index is 2.33. The molecular formula is C14H16N2OS2. The number of rotatable bonds is 2. The van der Waals surface area contributed by atoms with Crippen LogP contribution in [0.3, 0.4) is 0 Å². The van der Waals surface area contributed by atoms with E-state index >= 15 is 0 Å². The molecule has 0 saturated carbocycles. The quantitative estimate of drug-likeness (QED) is 0.680. The van der Waals surface area contributed by atoms with E-state index in [0.29, 0.717) is 17.2 Å². The van der Waals surface area contributed by atoms with Gasteiger partial charge in [-0.15, -0.1) is 17.9 Å². The zero-order valence-electron chi connectivity index (χ0n) is 10.9. The Labute approximate surface area is 120 Å². The summed E-state index contributed by atoms with van der Waals surface area (Å²) in [5, 5.41) is 0.849. The molecule has 0 unspecified atom stereocenters. The van der Waals surface area contributed by atoms with Gasteiger partial charge in [0.05, 0.1) is 5.39 Å². The maximum Gasteiger partial charge on any atom is 0.263 e. The van der Waals surface area contributed by atoms with Crippen molar-refractivity contribution < 1.29 is 0 Å². The molecule has 3 rings (SSSR count). The zero-order valence-corrected chi connectivity index (χ0v) is 12.5. The Kier molecular flexibility index (Phi) is 3.19. The van der Waals surface area contributed by atoms with Crippen LogP contribution in [0, 0.1) is 10.7 Å². The second-order valence-corrected chi connectivity index (χ2v) is 6.68. The van der Waals surface area contributed by atoms with Gasteiger partial charge in [-0.25, -0.2) is 0 Å². The summed E-state index contributed by atoms with van der Waals surface area (Å²) in [7, 11) is 0. The van der Waals surface area contributed by atoms with Crippen LogP contribution in [-0.2, 0) is 19.4 Å². The molecule has 2 aromatic rings. The first kappa shape index (κ1) is 12.8. The third-order valence-corrected chi connectivity index (χ3v) is 5.24. The summed E-state index contributed by atoms with van der Waals surface area (Å²) in [6.45, 7) is 6.42. The molecule has 1 atom stereocenters. The number of aromatic amines is 1. The zero-order chi connectivity index (χ0) is 13.6. The minimum atomic E-state index is 0.0331. The maximum absolute atomic E-state index is 12.6. The van der Waals surface area contributed by atoms with Crippen molar-refractivity contribution in [1.29, 1.82) is 0 Å². The molecule has 0 spiro atoms. The second-order valence-electron chi connectivity index (χ2n) is 5.19. The summed E-state index contributed by atoms with van der Waals surface area (Å²) >= 11 is 6.96. The predicted molar refractivity (Wildman–Crippen MR) is 82.7 cm³/mol. The van der Waals surface area contributed by atoms with Crippen LogP contribution < -0.4 is 5.56 Å². The highest BCUT2D eigenvalue weighted by molar-refractivity contribution is 7.71. The lowest BCUT2D eigenvalue weighted by molar-refractivity contribution is 0.509. The molecule has 1 N–H and O–H groups in total. The molecule has 2 aromatic heterocycles. The van der Waals surface area contributed by atoms with Crippen molar-refractivity contribution in [3.63, 3.8) is 0 Å². The fraction of sp³-hybridized carbons (Fsp3) is 0.429. The lowest BCUT2D eigenvalue weighted by Gasteiger charge is -2.17. The number of fused-ring (bicyclic) bond motifs is 3. The van der Waals surface area contributed by atoms with Crippen molar-refractivity contribution in [3.8, 4) is 0 Å². The summed E-state index contributed by atoms with van der Waals surface area (Å²) < 4.78 is 2.08. The third-order valence-electron chi connectivity index (χ3n) is 3.75. The minimum absolute atomic E-state index is 0.0331. The topological polar surface area (TPSA) is 37.8 Å². The number of hydrogen-bond acceptors (Lipinski definition) is 3. The highest BCUT2D eigenvalue weighted by Crippen LogP contribution is 2.35. The van der Waals surface area contributed by atoms with Gasteiger partial charge in [-0.1, -0.05) is 13.0 Å². The van der Waals surface area contributed by atoms with E-state index in [-0.39, 0.29) is 5.56 Å². The van der Waals surface area contributed by atoms with Crippen molar-refractivity contribution >= 4 is 33.8 Å². The Hall–Kier alpha value is -1.20. The number of aryl methyl sites for hydroxylation is 1. The van der Waals surface area contributed by atoms with Gasteiger partial charge in [0.1, 0.15) is 4.83 Å². The van der Waals surface area contributed by atoms with Crippen LogP contribution in [0.2, 0.25) is 0 Å². The normalized spacial score (nSPS) is 18.5. The number of nitrogens with one attached hydrogen (secondary N) is 1. The first-order valence-corrected chi connectivity index (χ1v) is 7.72. The van der Waals surface area contributed by atoms with Crippen LogP contribution in [0.4, 0.5) is 0 Å². The fourth-order valence-electron chi connectivity index (χ4n) is 2.75. The van der Waals surface area contributed by atoms with E-state index in [4.69, 9.17) is 12.2 Å². The van der Waals surface area contributed by atoms with Crippen LogP contribution in [0.1, 0.15) is 23.8 Å². The van der Waals surface area contributed by atoms with Crippen LogP contribution in [0.15, 0.2) is 17.4 Å². The number of aromatic nitrogens is 2. The van der Waals surface area contributed by atoms with Gasteiger partial charge in [0.25, 0.3) is 5.56 Å². The molecule has 0 fully saturated rings. The molecule has 0 aromatic carbocycles. The standard InChI is InChI=1S/C14H16N2OS2/c1-3-6-16-13(17)11-9-5-4-8(2)7-10(9)19-12(11)15-14(16)18/h3,8H,1,4-7H2,2H3,(H,15,18)/t8-/m0/s1. The maximum atomic E-state index is 12.6. The van der Waals surface area contributed by atoms with Crippen molar-refractivity contribution in [3.05, 3.63) is 38.2 Å². The molecule has 3 nitrogen and oxygen atoms in total. The molecule has 1 aliphatic rings. The van der Waals surface area contributed by atoms with Crippen molar-refractivity contribution in [2.45, 2.75) is 32.7 Å². The average molecular weight is 292 g/mol. The molecule has 0 bridgehead atoms. The predicted octanol–water partition coefficient (Wildman–Crippen LogP) is 3.43. The number of thiophene rings is 1. The first-order valence-electron chi connectivity index (χ1n) is 6.50. The molecule has 5 heteroatoms. The molecule has 0 aliphatic heterocycles. The molecule has 2 heterocycles. The van der Waals surface area contributed by atoms with E-state index in [1.54, 1.807) is 22.0 Å². The molecule has 0 saturated heterocycles. The minimum Gasteiger partial charge on any atom is -0.323 e. The van der Waals surface area contributed by atoms with Gasteiger partial charge in [0, 0.05) is 11.4 Å². The Morgan fingerprint density at radius 2 is 2.42 bits per heavy atom. The van der Waals surface area contributed by atoms with Crippen LogP contribution in [0.25, 0.3) is 10.2 Å². The van der Waals surface area contributed by atoms with Crippen LogP contribution in [-0.4, -0.2) is 9.55 Å². The Bertz CT molecular complexity index is 766. The summed E-state index contributed by atoms with van der Waals surface area (Å²) in [5.74, 6) is 0.707. The molecule has 1 aliphatic carbocycles. The van der Waals surface area contributed by atoms with Gasteiger partial charge in [0.15, 0.2) is 4.77 Å². The molecule has 0 radical (unpaired) electrons. The van der Waals surface area contributed by atoms with Crippen LogP contribution in [0.5, 0.6) is 0 Å². The fourth-order valence-corrected chi connectivity index (χ4v) is 4.48. The monoisotopic (exact) mass is 292 g/mol. The lowest BCUT2D eigenvalue weighted by atomic mass is 9.89. The Morgan fingerprint density at radius 1 is 1.63 bits per heavy atom. The third kappa shape index (κ3) is 2.01. The van der Waals surface area contributed by atoms with E-state index in [0.717, 1.165) is 29.5 Å². The van der Waals surface area contributed by atoms with E-state index in [1.807, 2.05) is 0 Å². The highest BCUT2D eigenvalue weighted by Gasteiger charge is 2.22. The molecule has 100 valence electrons. The summed E-state index contributed by atoms with van der Waals surface area (Å²) in [6, 6.07) is 0. The van der Waals surface area contributed by atoms with Gasteiger partial charge in [-0.3, -0.25) is 9.36 Å². The van der Waals surface area contributed by atoms with E-state index in [1.165, 1.54) is 10.4 Å². The SMILES string of the molecule is C=CCn1c(=S)[nH]c2sc3c(c2c1=O)CC[C@H](C)C3. The number of hydrogen-bond donors (Lipinski definition) is 1. The van der Waals surface area contributed by atoms with Gasteiger partial charge in [0.2, 0.25) is 0 Å². The largest absolute Gasteiger partial charge is 0.323 e. The summed E-state index contributed by atoms with van der Waals surface area (Å²) in [6.07, 6.45) is 4.95. The lowest BCUT2D eigenvalue weighted by Crippen LogP contribution is -2.22. The van der Waals surface area contributed by atoms with Crippen molar-refractivity contribution in [2.75, 3.05) is 0 Å². The smallest absolute Gasteiger partial charge is 0.263 e. The number of allylic oxidation sites excluding steroid dienone is 1. The van der Waals surface area contributed by atoms with E-state index in [2.05, 4.69) is 18.5 Å². The summed E-state index contributed by atoms with van der Waals surface area (Å²) in [5.41, 5.74) is 1.28. The number of nitrogens with zero attached hydrogens (tertiary/aromatic N) is 1. The molecule has 0 amide bonds. The van der Waals surface area contributed by atoms with Gasteiger partial charge < -0.3 is 4.98 Å². The van der Waals surface area contributed by atoms with Gasteiger partial charge in [-0.05, 0) is 43.0 Å². The molecular weight excluding hydrogens is 276 g/mol. The average Bonchev–Trinajstić information content (AvgIpc) is 2.71. The number of H-pyrrole nitrogens is 1. The van der Waals surface area contributed by atoms with Gasteiger partial charge in [-0.2, -0.15) is 0 Å². The second kappa shape index (κ2) is 4.72. The Morgan fingerprint density at radius 3 is 3.16 bits per heavy atom. The highest BCUT2D eigenvalue weighted by atomic mass is 32.1. The van der Waals surface area contributed by atoms with Crippen LogP contribution >= 0.6 is 23.6 Å². The first-order chi connectivity index (χ1) is 9.11. The summed E-state index contributed by atoms with van der Waals surface area (Å²) in [4.78, 5) is 18.1. The van der Waals surface area contributed by atoms with Gasteiger partial charge >= 0.3 is 0 Å². The van der Waals surface area contributed by atoms with Crippen molar-refractivity contribution in [2.24, 2.45) is 5.92 Å². The van der Waals surface area contributed by atoms with E-state index < -0.39 is 0 Å². The van der Waals surface area contributed by atoms with E-state index in [9.17, 15) is 4.79 Å². The molecule has 19 heavy (non-hydrogen) atoms. The van der Waals surface area contributed by atoms with Crippen molar-refractivity contribution in [1.82, 2.24) is 9.55 Å².